The molecule has 2 heterocycles. The minimum atomic E-state index is -0.271. The van der Waals surface area contributed by atoms with Gasteiger partial charge in [0.25, 0.3) is 0 Å². The standard InChI is InChI=1S/C20H27FN6O.HI/c1-3-22-19(25-15-16(2)28-18-7-5-17(21)6-8-18)26-11-13-27(14-12-26)20-23-9-4-10-24-20;/h4-10,16H,3,11-15H2,1-2H3,(H,22,25);1H. The van der Waals surface area contributed by atoms with Gasteiger partial charge in [-0.3, -0.25) is 0 Å². The van der Waals surface area contributed by atoms with E-state index >= 15 is 0 Å². The maximum absolute atomic E-state index is 13.0. The number of ether oxygens (including phenoxy) is 1. The van der Waals surface area contributed by atoms with E-state index in [2.05, 4.69) is 32.0 Å². The fourth-order valence-corrected chi connectivity index (χ4v) is 3.00. The number of nitrogens with zero attached hydrogens (tertiary/aromatic N) is 5. The van der Waals surface area contributed by atoms with Crippen molar-refractivity contribution in [3.05, 3.63) is 48.5 Å². The van der Waals surface area contributed by atoms with Crippen molar-refractivity contribution >= 4 is 35.9 Å². The zero-order valence-corrected chi connectivity index (χ0v) is 19.1. The lowest BCUT2D eigenvalue weighted by molar-refractivity contribution is 0.229. The van der Waals surface area contributed by atoms with E-state index in [-0.39, 0.29) is 35.9 Å². The highest BCUT2D eigenvalue weighted by Crippen LogP contribution is 2.13. The SMILES string of the molecule is CCNC(=NCC(C)Oc1ccc(F)cc1)N1CCN(c2ncccn2)CC1.I. The molecule has 1 N–H and O–H groups in total. The largest absolute Gasteiger partial charge is 0.489 e. The van der Waals surface area contributed by atoms with Gasteiger partial charge in [-0.15, -0.1) is 24.0 Å². The number of aromatic nitrogens is 2. The second-order valence-corrected chi connectivity index (χ2v) is 6.60. The van der Waals surface area contributed by atoms with Crippen LogP contribution >= 0.6 is 24.0 Å². The van der Waals surface area contributed by atoms with Gasteiger partial charge < -0.3 is 19.9 Å². The highest BCUT2D eigenvalue weighted by Gasteiger charge is 2.21. The smallest absolute Gasteiger partial charge is 0.225 e. The van der Waals surface area contributed by atoms with Crippen LogP contribution in [0.4, 0.5) is 10.3 Å². The molecule has 0 bridgehead atoms. The van der Waals surface area contributed by atoms with Crippen LogP contribution in [0.25, 0.3) is 0 Å². The minimum Gasteiger partial charge on any atom is -0.489 e. The molecule has 9 heteroatoms. The van der Waals surface area contributed by atoms with E-state index in [1.165, 1.54) is 12.1 Å². The molecule has 0 aliphatic carbocycles. The Morgan fingerprint density at radius 3 is 2.45 bits per heavy atom. The van der Waals surface area contributed by atoms with Crippen LogP contribution in [0.2, 0.25) is 0 Å². The van der Waals surface area contributed by atoms with Crippen molar-refractivity contribution in [3.8, 4) is 5.75 Å². The molecule has 29 heavy (non-hydrogen) atoms. The maximum atomic E-state index is 13.0. The second-order valence-electron chi connectivity index (χ2n) is 6.60. The van der Waals surface area contributed by atoms with E-state index < -0.39 is 0 Å². The Morgan fingerprint density at radius 2 is 1.83 bits per heavy atom. The van der Waals surface area contributed by atoms with Crippen LogP contribution in [0.3, 0.4) is 0 Å². The summed E-state index contributed by atoms with van der Waals surface area (Å²) in [4.78, 5) is 17.8. The Bertz CT molecular complexity index is 753. The molecular weight excluding hydrogens is 486 g/mol. The van der Waals surface area contributed by atoms with E-state index in [0.29, 0.717) is 12.3 Å². The molecule has 3 rings (SSSR count). The Balaban J connectivity index is 0.00000300. The molecule has 1 unspecified atom stereocenters. The maximum Gasteiger partial charge on any atom is 0.225 e. The van der Waals surface area contributed by atoms with E-state index in [9.17, 15) is 4.39 Å². The van der Waals surface area contributed by atoms with Gasteiger partial charge in [0.15, 0.2) is 5.96 Å². The Hall–Kier alpha value is -2.17. The van der Waals surface area contributed by atoms with Crippen molar-refractivity contribution in [1.29, 1.82) is 0 Å². The molecule has 1 atom stereocenters. The Labute approximate surface area is 188 Å². The molecule has 1 saturated heterocycles. The highest BCUT2D eigenvalue weighted by molar-refractivity contribution is 14.0. The van der Waals surface area contributed by atoms with Gasteiger partial charge in [-0.05, 0) is 44.2 Å². The van der Waals surface area contributed by atoms with E-state index in [1.807, 2.05) is 13.0 Å². The third-order valence-electron chi connectivity index (χ3n) is 4.40. The molecule has 7 nitrogen and oxygen atoms in total. The first-order chi connectivity index (χ1) is 13.7. The van der Waals surface area contributed by atoms with Crippen molar-refractivity contribution < 1.29 is 9.13 Å². The third-order valence-corrected chi connectivity index (χ3v) is 4.40. The van der Waals surface area contributed by atoms with Crippen molar-refractivity contribution in [2.45, 2.75) is 20.0 Å². The molecule has 1 aliphatic heterocycles. The van der Waals surface area contributed by atoms with Crippen molar-refractivity contribution in [1.82, 2.24) is 20.2 Å². The summed E-state index contributed by atoms with van der Waals surface area (Å²) in [5.41, 5.74) is 0. The molecule has 1 aromatic carbocycles. The van der Waals surface area contributed by atoms with Crippen molar-refractivity contribution in [2.75, 3.05) is 44.2 Å². The summed E-state index contributed by atoms with van der Waals surface area (Å²) in [5, 5.41) is 3.35. The van der Waals surface area contributed by atoms with E-state index in [1.54, 1.807) is 24.5 Å². The number of piperazine rings is 1. The first kappa shape index (κ1) is 23.1. The zero-order valence-electron chi connectivity index (χ0n) is 16.8. The van der Waals surface area contributed by atoms with E-state index in [0.717, 1.165) is 44.6 Å². The van der Waals surface area contributed by atoms with Crippen LogP contribution in [-0.4, -0.2) is 66.2 Å². The van der Waals surface area contributed by atoms with Crippen LogP contribution in [0, 0.1) is 5.82 Å². The van der Waals surface area contributed by atoms with Crippen molar-refractivity contribution in [2.24, 2.45) is 4.99 Å². The van der Waals surface area contributed by atoms with Gasteiger partial charge in [0.2, 0.25) is 5.95 Å². The lowest BCUT2D eigenvalue weighted by Gasteiger charge is -2.36. The number of nitrogens with one attached hydrogen (secondary N) is 1. The fourth-order valence-electron chi connectivity index (χ4n) is 3.00. The van der Waals surface area contributed by atoms with Crippen LogP contribution in [0.15, 0.2) is 47.7 Å². The van der Waals surface area contributed by atoms with Gasteiger partial charge in [-0.25, -0.2) is 19.4 Å². The Kier molecular flexibility index (Phi) is 9.36. The summed E-state index contributed by atoms with van der Waals surface area (Å²) in [6, 6.07) is 7.87. The van der Waals surface area contributed by atoms with Crippen LogP contribution in [-0.2, 0) is 0 Å². The highest BCUT2D eigenvalue weighted by atomic mass is 127. The molecule has 0 saturated carbocycles. The second kappa shape index (κ2) is 11.7. The van der Waals surface area contributed by atoms with Crippen LogP contribution in [0.5, 0.6) is 5.75 Å². The van der Waals surface area contributed by atoms with Gasteiger partial charge in [0.05, 0.1) is 6.54 Å². The van der Waals surface area contributed by atoms with Gasteiger partial charge in [0.1, 0.15) is 17.7 Å². The first-order valence-electron chi connectivity index (χ1n) is 9.63. The van der Waals surface area contributed by atoms with Crippen LogP contribution < -0.4 is 15.0 Å². The summed E-state index contributed by atoms with van der Waals surface area (Å²) >= 11 is 0. The zero-order chi connectivity index (χ0) is 19.8. The first-order valence-corrected chi connectivity index (χ1v) is 9.63. The number of anilines is 1. The number of hydrogen-bond donors (Lipinski definition) is 1. The summed E-state index contributed by atoms with van der Waals surface area (Å²) in [5.74, 6) is 2.02. The third kappa shape index (κ3) is 6.98. The summed E-state index contributed by atoms with van der Waals surface area (Å²) in [7, 11) is 0. The average Bonchev–Trinajstić information content (AvgIpc) is 2.73. The monoisotopic (exact) mass is 514 g/mol. The van der Waals surface area contributed by atoms with Gasteiger partial charge in [0, 0.05) is 45.1 Å². The molecule has 158 valence electrons. The number of halogens is 2. The summed E-state index contributed by atoms with van der Waals surface area (Å²) in [6.07, 6.45) is 3.42. The summed E-state index contributed by atoms with van der Waals surface area (Å²) < 4.78 is 18.8. The predicted molar refractivity (Wildman–Crippen MR) is 124 cm³/mol. The predicted octanol–water partition coefficient (Wildman–Crippen LogP) is 2.79. The number of benzene rings is 1. The summed E-state index contributed by atoms with van der Waals surface area (Å²) in [6.45, 7) is 8.71. The number of rotatable bonds is 6. The average molecular weight is 514 g/mol. The van der Waals surface area contributed by atoms with Gasteiger partial charge in [-0.2, -0.15) is 0 Å². The molecule has 1 aliphatic rings. The molecular formula is C20H28FIN6O. The quantitative estimate of drug-likeness (QED) is 0.364. The molecule has 2 aromatic rings. The molecule has 0 spiro atoms. The van der Waals surface area contributed by atoms with Crippen molar-refractivity contribution in [3.63, 3.8) is 0 Å². The fraction of sp³-hybridized carbons (Fsp3) is 0.450. The lowest BCUT2D eigenvalue weighted by atomic mass is 10.3. The number of guanidine groups is 1. The molecule has 1 fully saturated rings. The topological polar surface area (TPSA) is 65.9 Å². The number of hydrogen-bond acceptors (Lipinski definition) is 5. The van der Waals surface area contributed by atoms with Crippen LogP contribution in [0.1, 0.15) is 13.8 Å². The minimum absolute atomic E-state index is 0. The number of aliphatic imine (C=N–C) groups is 1. The molecule has 0 radical (unpaired) electrons. The Morgan fingerprint density at radius 1 is 1.17 bits per heavy atom. The van der Waals surface area contributed by atoms with Gasteiger partial charge >= 0.3 is 0 Å². The normalized spacial score (nSPS) is 15.5. The van der Waals surface area contributed by atoms with E-state index in [4.69, 9.17) is 9.73 Å². The van der Waals surface area contributed by atoms with Gasteiger partial charge in [-0.1, -0.05) is 0 Å². The molecule has 1 aromatic heterocycles. The molecule has 0 amide bonds. The lowest BCUT2D eigenvalue weighted by Crippen LogP contribution is -2.53.